The lowest BCUT2D eigenvalue weighted by Crippen LogP contribution is -2.44. The molecule has 2 rings (SSSR count). The van der Waals surface area contributed by atoms with Crippen LogP contribution in [0.2, 0.25) is 5.02 Å². The van der Waals surface area contributed by atoms with Crippen molar-refractivity contribution in [3.05, 3.63) is 16.4 Å². The van der Waals surface area contributed by atoms with Gasteiger partial charge in [-0.1, -0.05) is 11.6 Å². The average Bonchev–Trinajstić information content (AvgIpc) is 3.02. The Kier molecular flexibility index (Phi) is 3.36. The minimum Gasteiger partial charge on any atom is -0.298 e. The van der Waals surface area contributed by atoms with Crippen LogP contribution in [0.4, 0.5) is 13.2 Å². The van der Waals surface area contributed by atoms with Gasteiger partial charge in [0.25, 0.3) is 0 Å². The van der Waals surface area contributed by atoms with Gasteiger partial charge >= 0.3 is 6.18 Å². The molecule has 18 heavy (non-hydrogen) atoms. The van der Waals surface area contributed by atoms with Crippen LogP contribution in [0.3, 0.4) is 0 Å². The number of nitrogens with one attached hydrogen (secondary N) is 1. The number of aromatic nitrogens is 2. The number of hydrogen-bond acceptors (Lipinski definition) is 2. The lowest BCUT2D eigenvalue weighted by molar-refractivity contribution is -0.166. The van der Waals surface area contributed by atoms with Gasteiger partial charge in [-0.15, -0.1) is 0 Å². The number of alkyl halides is 3. The molecule has 0 atom stereocenters. The number of halogens is 4. The van der Waals surface area contributed by atoms with Crippen LogP contribution in [-0.2, 0) is 13.1 Å². The molecular weight excluding hydrogens is 267 g/mol. The zero-order valence-electron chi connectivity index (χ0n) is 10.2. The van der Waals surface area contributed by atoms with E-state index in [9.17, 15) is 13.2 Å². The molecule has 0 radical (unpaired) electrons. The molecule has 7 heteroatoms. The Morgan fingerprint density at radius 3 is 2.50 bits per heavy atom. The molecule has 0 aromatic carbocycles. The van der Waals surface area contributed by atoms with Gasteiger partial charge in [0, 0.05) is 13.1 Å². The maximum absolute atomic E-state index is 12.8. The zero-order valence-corrected chi connectivity index (χ0v) is 11.0. The summed E-state index contributed by atoms with van der Waals surface area (Å²) in [5.74, 6) is 0. The van der Waals surface area contributed by atoms with Crippen LogP contribution in [0.15, 0.2) is 0 Å². The molecule has 1 aromatic rings. The Bertz CT molecular complexity index is 449. The Hall–Kier alpha value is -0.750. The Balaban J connectivity index is 2.12. The second-order valence-electron chi connectivity index (χ2n) is 4.60. The summed E-state index contributed by atoms with van der Waals surface area (Å²) < 4.78 is 39.9. The normalized spacial score (nSPS) is 18.1. The minimum atomic E-state index is -4.20. The molecule has 0 amide bonds. The fourth-order valence-corrected chi connectivity index (χ4v) is 2.18. The molecule has 1 aliphatic rings. The predicted octanol–water partition coefficient (Wildman–Crippen LogP) is 3.05. The highest BCUT2D eigenvalue weighted by Gasteiger charge is 2.63. The topological polar surface area (TPSA) is 29.9 Å². The third kappa shape index (κ3) is 2.23. The molecule has 102 valence electrons. The van der Waals surface area contributed by atoms with Crippen LogP contribution in [-0.4, -0.2) is 21.5 Å². The van der Waals surface area contributed by atoms with Crippen LogP contribution in [0.5, 0.6) is 0 Å². The first-order valence-electron chi connectivity index (χ1n) is 5.84. The van der Waals surface area contributed by atoms with Gasteiger partial charge in [0.2, 0.25) is 0 Å². The first kappa shape index (κ1) is 13.7. The molecule has 0 spiro atoms. The molecule has 1 N–H and O–H groups in total. The Morgan fingerprint density at radius 1 is 1.44 bits per heavy atom. The monoisotopic (exact) mass is 281 g/mol. The quantitative estimate of drug-likeness (QED) is 0.919. The Morgan fingerprint density at radius 2 is 2.06 bits per heavy atom. The van der Waals surface area contributed by atoms with Crippen molar-refractivity contribution >= 4 is 11.6 Å². The molecule has 0 aliphatic heterocycles. The van der Waals surface area contributed by atoms with Gasteiger partial charge in [0.1, 0.15) is 5.54 Å². The molecule has 0 saturated heterocycles. The lowest BCUT2D eigenvalue weighted by Gasteiger charge is -2.21. The smallest absolute Gasteiger partial charge is 0.298 e. The SMILES string of the molecule is CCn1nc(C)c(Cl)c1CNC1(C(F)(F)F)CC1. The fraction of sp³-hybridized carbons (Fsp3) is 0.727. The summed E-state index contributed by atoms with van der Waals surface area (Å²) in [7, 11) is 0. The molecule has 1 heterocycles. The molecule has 1 fully saturated rings. The highest BCUT2D eigenvalue weighted by Crippen LogP contribution is 2.49. The second kappa shape index (κ2) is 4.42. The maximum atomic E-state index is 12.8. The number of hydrogen-bond donors (Lipinski definition) is 1. The van der Waals surface area contributed by atoms with E-state index in [-0.39, 0.29) is 19.4 Å². The van der Waals surface area contributed by atoms with Gasteiger partial charge in [-0.05, 0) is 26.7 Å². The van der Waals surface area contributed by atoms with Gasteiger partial charge in [-0.3, -0.25) is 10.00 Å². The van der Waals surface area contributed by atoms with E-state index >= 15 is 0 Å². The fourth-order valence-electron chi connectivity index (χ4n) is 1.98. The summed E-state index contributed by atoms with van der Waals surface area (Å²) in [6.07, 6.45) is -3.94. The molecular formula is C11H15ClF3N3. The van der Waals surface area contributed by atoms with Crippen molar-refractivity contribution in [3.63, 3.8) is 0 Å². The van der Waals surface area contributed by atoms with Crippen LogP contribution in [0, 0.1) is 6.92 Å². The van der Waals surface area contributed by atoms with E-state index < -0.39 is 11.7 Å². The Labute approximate surface area is 108 Å². The van der Waals surface area contributed by atoms with Crippen molar-refractivity contribution < 1.29 is 13.2 Å². The first-order valence-corrected chi connectivity index (χ1v) is 6.22. The second-order valence-corrected chi connectivity index (χ2v) is 4.97. The summed E-state index contributed by atoms with van der Waals surface area (Å²) in [5.41, 5.74) is -0.452. The van der Waals surface area contributed by atoms with Crippen molar-refractivity contribution in [2.45, 2.75) is 51.5 Å². The summed E-state index contributed by atoms with van der Waals surface area (Å²) in [5, 5.41) is 7.21. The van der Waals surface area contributed by atoms with Crippen LogP contribution in [0.1, 0.15) is 31.2 Å². The molecule has 1 aromatic heterocycles. The van der Waals surface area contributed by atoms with E-state index in [2.05, 4.69) is 10.4 Å². The van der Waals surface area contributed by atoms with Crippen molar-refractivity contribution in [3.8, 4) is 0 Å². The van der Waals surface area contributed by atoms with Crippen LogP contribution < -0.4 is 5.32 Å². The van der Waals surface area contributed by atoms with Gasteiger partial charge in [-0.25, -0.2) is 0 Å². The van der Waals surface area contributed by atoms with Crippen LogP contribution >= 0.6 is 11.6 Å². The van der Waals surface area contributed by atoms with E-state index in [4.69, 9.17) is 11.6 Å². The molecule has 3 nitrogen and oxygen atoms in total. The van der Waals surface area contributed by atoms with E-state index in [1.807, 2.05) is 6.92 Å². The standard InChI is InChI=1S/C11H15ClF3N3/c1-3-18-8(9(12)7(2)17-18)6-16-10(4-5-10)11(13,14)15/h16H,3-6H2,1-2H3. The van der Waals surface area contributed by atoms with E-state index in [1.165, 1.54) is 0 Å². The van der Waals surface area contributed by atoms with Gasteiger partial charge in [0.05, 0.1) is 16.4 Å². The lowest BCUT2D eigenvalue weighted by atomic mass is 10.2. The molecule has 0 bridgehead atoms. The average molecular weight is 282 g/mol. The summed E-state index contributed by atoms with van der Waals surface area (Å²) >= 11 is 6.05. The minimum absolute atomic E-state index is 0.0903. The number of nitrogens with zero attached hydrogens (tertiary/aromatic N) is 2. The van der Waals surface area contributed by atoms with Crippen LogP contribution in [0.25, 0.3) is 0 Å². The number of rotatable bonds is 4. The van der Waals surface area contributed by atoms with Crippen molar-refractivity contribution in [2.24, 2.45) is 0 Å². The van der Waals surface area contributed by atoms with E-state index in [0.29, 0.717) is 23.0 Å². The summed E-state index contributed by atoms with van der Waals surface area (Å²) in [6, 6.07) is 0. The number of aryl methyl sites for hydroxylation is 2. The predicted molar refractivity (Wildman–Crippen MR) is 62.5 cm³/mol. The highest BCUT2D eigenvalue weighted by molar-refractivity contribution is 6.31. The van der Waals surface area contributed by atoms with Gasteiger partial charge in [0.15, 0.2) is 0 Å². The third-order valence-corrected chi connectivity index (χ3v) is 3.83. The summed E-state index contributed by atoms with van der Waals surface area (Å²) in [4.78, 5) is 0. The van der Waals surface area contributed by atoms with Crippen molar-refractivity contribution in [1.29, 1.82) is 0 Å². The van der Waals surface area contributed by atoms with E-state index in [1.54, 1.807) is 11.6 Å². The largest absolute Gasteiger partial charge is 0.406 e. The highest BCUT2D eigenvalue weighted by atomic mass is 35.5. The van der Waals surface area contributed by atoms with Crippen molar-refractivity contribution in [2.75, 3.05) is 0 Å². The summed E-state index contributed by atoms with van der Waals surface area (Å²) in [6.45, 7) is 4.30. The molecule has 1 saturated carbocycles. The molecule has 1 aliphatic carbocycles. The van der Waals surface area contributed by atoms with Gasteiger partial charge in [-0.2, -0.15) is 18.3 Å². The third-order valence-electron chi connectivity index (χ3n) is 3.34. The molecule has 0 unspecified atom stereocenters. The zero-order chi connectivity index (χ0) is 13.6. The van der Waals surface area contributed by atoms with E-state index in [0.717, 1.165) is 0 Å². The van der Waals surface area contributed by atoms with Crippen molar-refractivity contribution in [1.82, 2.24) is 15.1 Å². The first-order chi connectivity index (χ1) is 8.31. The maximum Gasteiger partial charge on any atom is 0.406 e. The van der Waals surface area contributed by atoms with Gasteiger partial charge < -0.3 is 0 Å².